The Kier molecular flexibility index (Phi) is 3.54. The van der Waals surface area contributed by atoms with Crippen LogP contribution in [0.5, 0.6) is 0 Å². The average molecular weight is 201 g/mol. The van der Waals surface area contributed by atoms with E-state index in [9.17, 15) is 0 Å². The van der Waals surface area contributed by atoms with Crippen molar-refractivity contribution in [2.24, 2.45) is 10.9 Å². The normalized spacial score (nSPS) is 30.9. The van der Waals surface area contributed by atoms with E-state index >= 15 is 0 Å². The molecule has 1 nitrogen and oxygen atoms in total. The molecule has 1 aliphatic heterocycles. The molecule has 0 amide bonds. The highest BCUT2D eigenvalue weighted by Gasteiger charge is 2.06. The molecule has 1 heterocycles. The average Bonchev–Trinajstić information content (AvgIpc) is 2.30. The van der Waals surface area contributed by atoms with Crippen molar-refractivity contribution in [2.75, 3.05) is 0 Å². The van der Waals surface area contributed by atoms with Crippen LogP contribution in [0.25, 0.3) is 0 Å². The second-order valence-corrected chi connectivity index (χ2v) is 4.47. The largest absolute Gasteiger partial charge is 0.289 e. The lowest BCUT2D eigenvalue weighted by molar-refractivity contribution is 0.583. The second kappa shape index (κ2) is 5.11. The van der Waals surface area contributed by atoms with Crippen LogP contribution < -0.4 is 0 Å². The van der Waals surface area contributed by atoms with E-state index in [4.69, 9.17) is 0 Å². The molecule has 0 bridgehead atoms. The lowest BCUT2D eigenvalue weighted by Gasteiger charge is -2.13. The minimum Gasteiger partial charge on any atom is -0.289 e. The molecule has 0 saturated heterocycles. The molecule has 0 aromatic rings. The van der Waals surface area contributed by atoms with E-state index in [0.29, 0.717) is 6.04 Å². The molecule has 1 unspecified atom stereocenters. The molecule has 15 heavy (non-hydrogen) atoms. The summed E-state index contributed by atoms with van der Waals surface area (Å²) in [5.74, 6) is 0.739. The predicted octanol–water partition coefficient (Wildman–Crippen LogP) is 3.69. The van der Waals surface area contributed by atoms with Crippen LogP contribution in [0.3, 0.4) is 0 Å². The van der Waals surface area contributed by atoms with Gasteiger partial charge in [-0.1, -0.05) is 30.4 Å². The molecule has 0 saturated carbocycles. The molecule has 0 aromatic heterocycles. The monoisotopic (exact) mass is 201 g/mol. The number of hydrogen-bond donors (Lipinski definition) is 0. The Morgan fingerprint density at radius 2 is 2.27 bits per heavy atom. The molecule has 0 radical (unpaired) electrons. The summed E-state index contributed by atoms with van der Waals surface area (Å²) in [4.78, 5) is 4.42. The third-order valence-electron chi connectivity index (χ3n) is 3.04. The molecule has 0 fully saturated rings. The van der Waals surface area contributed by atoms with Crippen LogP contribution in [0, 0.1) is 5.92 Å². The van der Waals surface area contributed by atoms with Crippen molar-refractivity contribution in [1.82, 2.24) is 0 Å². The molecular formula is C14H19N. The number of rotatable bonds is 2. The zero-order chi connectivity index (χ0) is 10.5. The minimum atomic E-state index is 0.472. The quantitative estimate of drug-likeness (QED) is 0.604. The van der Waals surface area contributed by atoms with Gasteiger partial charge < -0.3 is 0 Å². The van der Waals surface area contributed by atoms with Gasteiger partial charge in [-0.05, 0) is 44.1 Å². The van der Waals surface area contributed by atoms with Crippen molar-refractivity contribution in [2.45, 2.75) is 38.6 Å². The zero-order valence-electron chi connectivity index (χ0n) is 9.39. The summed E-state index contributed by atoms with van der Waals surface area (Å²) in [6, 6.07) is 0.472. The molecule has 0 spiro atoms. The minimum absolute atomic E-state index is 0.472. The van der Waals surface area contributed by atoms with Gasteiger partial charge in [-0.15, -0.1) is 0 Å². The Morgan fingerprint density at radius 3 is 2.93 bits per heavy atom. The first-order chi connectivity index (χ1) is 7.34. The van der Waals surface area contributed by atoms with Crippen LogP contribution in [-0.2, 0) is 0 Å². The van der Waals surface area contributed by atoms with Gasteiger partial charge in [0.05, 0.1) is 6.04 Å². The van der Waals surface area contributed by atoms with Gasteiger partial charge in [0.25, 0.3) is 0 Å². The van der Waals surface area contributed by atoms with E-state index in [-0.39, 0.29) is 0 Å². The first kappa shape index (κ1) is 10.4. The van der Waals surface area contributed by atoms with Crippen molar-refractivity contribution >= 4 is 6.21 Å². The first-order valence-electron chi connectivity index (χ1n) is 5.91. The number of aliphatic imine (C=N–C) groups is 1. The molecule has 1 aliphatic carbocycles. The highest BCUT2D eigenvalue weighted by atomic mass is 14.8. The van der Waals surface area contributed by atoms with Gasteiger partial charge >= 0.3 is 0 Å². The van der Waals surface area contributed by atoms with Gasteiger partial charge in [0, 0.05) is 6.21 Å². The number of allylic oxidation sites excluding steroid dienone is 5. The Hall–Kier alpha value is -1.11. The fourth-order valence-electron chi connectivity index (χ4n) is 1.98. The molecular weight excluding hydrogens is 182 g/mol. The summed E-state index contributed by atoms with van der Waals surface area (Å²) < 4.78 is 0. The van der Waals surface area contributed by atoms with E-state index in [0.717, 1.165) is 12.3 Å². The topological polar surface area (TPSA) is 12.4 Å². The van der Waals surface area contributed by atoms with Crippen molar-refractivity contribution in [3.63, 3.8) is 0 Å². The van der Waals surface area contributed by atoms with Crippen LogP contribution in [-0.4, -0.2) is 12.3 Å². The SMILES string of the molecule is CC1CC=C(/C=C\[C@@H]2CC=CCC2)C=N1. The molecule has 1 heteroatoms. The highest BCUT2D eigenvalue weighted by molar-refractivity contribution is 5.83. The van der Waals surface area contributed by atoms with E-state index < -0.39 is 0 Å². The first-order valence-corrected chi connectivity index (χ1v) is 5.91. The fraction of sp³-hybridized carbons (Fsp3) is 0.500. The van der Waals surface area contributed by atoms with Gasteiger partial charge in [0.2, 0.25) is 0 Å². The third kappa shape index (κ3) is 3.19. The van der Waals surface area contributed by atoms with Gasteiger partial charge in [0.15, 0.2) is 0 Å². The molecule has 0 N–H and O–H groups in total. The van der Waals surface area contributed by atoms with Crippen LogP contribution in [0.4, 0.5) is 0 Å². The summed E-state index contributed by atoms with van der Waals surface area (Å²) >= 11 is 0. The van der Waals surface area contributed by atoms with Crippen LogP contribution in [0.2, 0.25) is 0 Å². The van der Waals surface area contributed by atoms with Crippen molar-refractivity contribution < 1.29 is 0 Å². The van der Waals surface area contributed by atoms with Crippen LogP contribution in [0.15, 0.2) is 40.9 Å². The summed E-state index contributed by atoms with van der Waals surface area (Å²) in [6.45, 7) is 2.15. The highest BCUT2D eigenvalue weighted by Crippen LogP contribution is 2.20. The molecule has 80 valence electrons. The molecule has 2 rings (SSSR count). The Bertz CT molecular complexity index is 320. The lowest BCUT2D eigenvalue weighted by atomic mass is 9.93. The Balaban J connectivity index is 1.88. The predicted molar refractivity (Wildman–Crippen MR) is 66.3 cm³/mol. The zero-order valence-corrected chi connectivity index (χ0v) is 9.39. The second-order valence-electron chi connectivity index (χ2n) is 4.47. The number of dihydropyridines is 1. The maximum absolute atomic E-state index is 4.42. The summed E-state index contributed by atoms with van der Waals surface area (Å²) in [5, 5.41) is 0. The molecule has 0 aromatic carbocycles. The van der Waals surface area contributed by atoms with Crippen LogP contribution in [0.1, 0.15) is 32.6 Å². The maximum Gasteiger partial charge on any atom is 0.0506 e. The fourth-order valence-corrected chi connectivity index (χ4v) is 1.98. The summed E-state index contributed by atoms with van der Waals surface area (Å²) in [5.41, 5.74) is 1.28. The van der Waals surface area contributed by atoms with Crippen molar-refractivity contribution in [3.05, 3.63) is 36.0 Å². The van der Waals surface area contributed by atoms with Crippen molar-refractivity contribution in [3.8, 4) is 0 Å². The smallest absolute Gasteiger partial charge is 0.0506 e. The number of hydrogen-bond acceptors (Lipinski definition) is 1. The van der Waals surface area contributed by atoms with Crippen LogP contribution >= 0.6 is 0 Å². The number of nitrogens with zero attached hydrogens (tertiary/aromatic N) is 1. The van der Waals surface area contributed by atoms with Gasteiger partial charge in [-0.3, -0.25) is 4.99 Å². The third-order valence-corrected chi connectivity index (χ3v) is 3.04. The van der Waals surface area contributed by atoms with Gasteiger partial charge in [0.1, 0.15) is 0 Å². The van der Waals surface area contributed by atoms with E-state index in [1.807, 2.05) is 6.21 Å². The van der Waals surface area contributed by atoms with Gasteiger partial charge in [-0.25, -0.2) is 0 Å². The van der Waals surface area contributed by atoms with E-state index in [2.05, 4.69) is 42.3 Å². The Morgan fingerprint density at radius 1 is 1.33 bits per heavy atom. The van der Waals surface area contributed by atoms with E-state index in [1.54, 1.807) is 0 Å². The maximum atomic E-state index is 4.42. The lowest BCUT2D eigenvalue weighted by Crippen LogP contribution is -2.03. The van der Waals surface area contributed by atoms with E-state index in [1.165, 1.54) is 24.8 Å². The summed E-state index contributed by atoms with van der Waals surface area (Å²) in [7, 11) is 0. The van der Waals surface area contributed by atoms with Gasteiger partial charge in [-0.2, -0.15) is 0 Å². The molecule has 2 atom stereocenters. The standard InChI is InChI=1S/C14H19N/c1-12-7-8-14(11-15-12)10-9-13-5-3-2-4-6-13/h2-3,8-13H,4-7H2,1H3/b10-9-/t12?,13-/m1/s1. The Labute approximate surface area is 92.3 Å². The van der Waals surface area contributed by atoms with Crippen molar-refractivity contribution in [1.29, 1.82) is 0 Å². The molecule has 2 aliphatic rings. The summed E-state index contributed by atoms with van der Waals surface area (Å²) in [6.07, 6.45) is 18.3.